The van der Waals surface area contributed by atoms with Crippen LogP contribution in [0.25, 0.3) is 0 Å². The lowest BCUT2D eigenvalue weighted by atomic mass is 9.88. The Balaban J connectivity index is 2.29. The van der Waals surface area contributed by atoms with Gasteiger partial charge in [0.25, 0.3) is 5.91 Å². The molecule has 25 heavy (non-hydrogen) atoms. The lowest BCUT2D eigenvalue weighted by Gasteiger charge is -2.32. The molecule has 2 rings (SSSR count). The Morgan fingerprint density at radius 3 is 2.56 bits per heavy atom. The van der Waals surface area contributed by atoms with E-state index in [0.29, 0.717) is 0 Å². The molecule has 6 nitrogen and oxygen atoms in total. The van der Waals surface area contributed by atoms with E-state index in [2.05, 4.69) is 0 Å². The van der Waals surface area contributed by atoms with E-state index in [0.717, 1.165) is 6.07 Å². The third-order valence-corrected chi connectivity index (χ3v) is 3.66. The van der Waals surface area contributed by atoms with Gasteiger partial charge in [0.2, 0.25) is 5.54 Å². The average Bonchev–Trinajstić information content (AvgIpc) is 3.12. The van der Waals surface area contributed by atoms with Gasteiger partial charge in [0.05, 0.1) is 19.9 Å². The van der Waals surface area contributed by atoms with E-state index >= 15 is 0 Å². The number of hydrogen-bond acceptors (Lipinski definition) is 5. The Labute approximate surface area is 141 Å². The predicted molar refractivity (Wildman–Crippen MR) is 81.6 cm³/mol. The number of rotatable bonds is 6. The molecule has 0 saturated heterocycles. The van der Waals surface area contributed by atoms with Crippen LogP contribution in [0.2, 0.25) is 0 Å². The summed E-state index contributed by atoms with van der Waals surface area (Å²) in [6, 6.07) is 8.03. The summed E-state index contributed by atoms with van der Waals surface area (Å²) >= 11 is 0. The minimum absolute atomic E-state index is 0.104. The number of nitrogens with one attached hydrogen (secondary N) is 1. The van der Waals surface area contributed by atoms with Crippen LogP contribution in [-0.4, -0.2) is 30.8 Å². The number of amides is 1. The molecule has 2 aromatic rings. The normalized spacial score (nSPS) is 15.3. The summed E-state index contributed by atoms with van der Waals surface area (Å²) in [5.41, 5.74) is 1.62. The fraction of sp³-hybridized carbons (Fsp3) is 0.312. The van der Waals surface area contributed by atoms with Gasteiger partial charge in [-0.25, -0.2) is 0 Å². The molecule has 1 amide bonds. The molecule has 2 unspecified atom stereocenters. The second-order valence-electron chi connectivity index (χ2n) is 5.25. The van der Waals surface area contributed by atoms with Crippen molar-refractivity contribution in [1.29, 1.82) is 0 Å². The summed E-state index contributed by atoms with van der Waals surface area (Å²) in [6.45, 7) is -0.503. The van der Waals surface area contributed by atoms with Crippen LogP contribution < -0.4 is 15.8 Å². The van der Waals surface area contributed by atoms with Gasteiger partial charge in [-0.15, -0.1) is 0 Å². The largest absolute Gasteiger partial charge is 0.496 e. The van der Waals surface area contributed by atoms with Crippen LogP contribution in [0.4, 0.5) is 13.2 Å². The first-order valence-electron chi connectivity index (χ1n) is 7.20. The molecule has 0 aliphatic carbocycles. The van der Waals surface area contributed by atoms with Gasteiger partial charge in [0.1, 0.15) is 17.6 Å². The number of nitrogens with two attached hydrogens (primary N) is 1. The summed E-state index contributed by atoms with van der Waals surface area (Å²) in [4.78, 5) is 12.3. The van der Waals surface area contributed by atoms with Crippen molar-refractivity contribution >= 4 is 5.91 Å². The molecule has 0 aliphatic heterocycles. The van der Waals surface area contributed by atoms with E-state index in [9.17, 15) is 23.1 Å². The number of furan rings is 1. The Morgan fingerprint density at radius 1 is 1.32 bits per heavy atom. The van der Waals surface area contributed by atoms with Gasteiger partial charge in [-0.05, 0) is 18.2 Å². The van der Waals surface area contributed by atoms with Crippen molar-refractivity contribution < 1.29 is 32.2 Å². The summed E-state index contributed by atoms with van der Waals surface area (Å²) in [5.74, 6) is -1.59. The number of aliphatic hydroxyl groups is 1. The Hall–Kier alpha value is -2.52. The molecular weight excluding hydrogens is 341 g/mol. The van der Waals surface area contributed by atoms with Gasteiger partial charge in [0.15, 0.2) is 0 Å². The zero-order chi connectivity index (χ0) is 18.7. The van der Waals surface area contributed by atoms with Gasteiger partial charge < -0.3 is 25.3 Å². The maximum absolute atomic E-state index is 13.6. The number of aliphatic hydroxyl groups excluding tert-OH is 1. The van der Waals surface area contributed by atoms with Crippen LogP contribution in [0.3, 0.4) is 0 Å². The highest BCUT2D eigenvalue weighted by molar-refractivity contribution is 5.89. The summed E-state index contributed by atoms with van der Waals surface area (Å²) in [5, 5.41) is 11.9. The zero-order valence-electron chi connectivity index (χ0n) is 13.2. The van der Waals surface area contributed by atoms with Crippen LogP contribution in [0.15, 0.2) is 47.1 Å². The number of benzene rings is 1. The highest BCUT2D eigenvalue weighted by Crippen LogP contribution is 2.41. The first-order valence-corrected chi connectivity index (χ1v) is 7.20. The molecule has 2 atom stereocenters. The molecule has 4 N–H and O–H groups in total. The minimum atomic E-state index is -5.10. The molecule has 0 saturated carbocycles. The van der Waals surface area contributed by atoms with Gasteiger partial charge in [0, 0.05) is 5.56 Å². The molecule has 0 spiro atoms. The number of para-hydroxylation sites is 1. The van der Waals surface area contributed by atoms with Crippen molar-refractivity contribution in [3.63, 3.8) is 0 Å². The summed E-state index contributed by atoms with van der Waals surface area (Å²) < 4.78 is 50.7. The molecule has 1 heterocycles. The minimum Gasteiger partial charge on any atom is -0.496 e. The first kappa shape index (κ1) is 18.8. The predicted octanol–water partition coefficient (Wildman–Crippen LogP) is 1.85. The van der Waals surface area contributed by atoms with Crippen molar-refractivity contribution in [1.82, 2.24) is 5.32 Å². The second kappa shape index (κ2) is 7.16. The fourth-order valence-corrected chi connectivity index (χ4v) is 2.28. The van der Waals surface area contributed by atoms with Gasteiger partial charge in [-0.1, -0.05) is 18.2 Å². The van der Waals surface area contributed by atoms with Crippen molar-refractivity contribution in [2.45, 2.75) is 17.8 Å². The first-order chi connectivity index (χ1) is 11.7. The SMILES string of the molecule is COc1ccccc1C(N)(C(=O)NCC(O)c1ccco1)C(F)(F)F. The van der Waals surface area contributed by atoms with Crippen molar-refractivity contribution in [3.05, 3.63) is 54.0 Å². The molecule has 0 radical (unpaired) electrons. The van der Waals surface area contributed by atoms with Gasteiger partial charge in [-0.2, -0.15) is 13.2 Å². The van der Waals surface area contributed by atoms with Crippen LogP contribution >= 0.6 is 0 Å². The van der Waals surface area contributed by atoms with Crippen LogP contribution in [0.5, 0.6) is 5.75 Å². The number of alkyl halides is 3. The number of hydrogen-bond donors (Lipinski definition) is 3. The Kier molecular flexibility index (Phi) is 5.39. The van der Waals surface area contributed by atoms with E-state index < -0.39 is 35.8 Å². The van der Waals surface area contributed by atoms with E-state index in [1.165, 1.54) is 43.7 Å². The van der Waals surface area contributed by atoms with Crippen LogP contribution in [-0.2, 0) is 10.3 Å². The number of methoxy groups -OCH3 is 1. The van der Waals surface area contributed by atoms with Gasteiger partial charge in [-0.3, -0.25) is 4.79 Å². The van der Waals surface area contributed by atoms with Crippen LogP contribution in [0, 0.1) is 0 Å². The molecule has 1 aromatic heterocycles. The third kappa shape index (κ3) is 3.62. The molecule has 136 valence electrons. The van der Waals surface area contributed by atoms with E-state index in [1.807, 2.05) is 5.32 Å². The number of carbonyl (C=O) groups excluding carboxylic acids is 1. The number of carbonyl (C=O) groups is 1. The monoisotopic (exact) mass is 358 g/mol. The molecule has 0 aliphatic rings. The van der Waals surface area contributed by atoms with Crippen molar-refractivity contribution in [3.8, 4) is 5.75 Å². The maximum atomic E-state index is 13.6. The second-order valence-corrected chi connectivity index (χ2v) is 5.25. The lowest BCUT2D eigenvalue weighted by Crippen LogP contribution is -2.61. The third-order valence-electron chi connectivity index (χ3n) is 3.66. The fourth-order valence-electron chi connectivity index (χ4n) is 2.28. The maximum Gasteiger partial charge on any atom is 0.419 e. The molecule has 1 aromatic carbocycles. The number of halogens is 3. The average molecular weight is 358 g/mol. The van der Waals surface area contributed by atoms with E-state index in [4.69, 9.17) is 14.9 Å². The Bertz CT molecular complexity index is 718. The molecule has 9 heteroatoms. The quantitative estimate of drug-likeness (QED) is 0.732. The van der Waals surface area contributed by atoms with Gasteiger partial charge >= 0.3 is 6.18 Å². The number of ether oxygens (including phenoxy) is 1. The van der Waals surface area contributed by atoms with Crippen molar-refractivity contribution in [2.24, 2.45) is 5.73 Å². The van der Waals surface area contributed by atoms with Crippen LogP contribution in [0.1, 0.15) is 17.4 Å². The van der Waals surface area contributed by atoms with E-state index in [1.54, 1.807) is 0 Å². The topological polar surface area (TPSA) is 97.7 Å². The molecule has 0 fully saturated rings. The highest BCUT2D eigenvalue weighted by Gasteiger charge is 2.60. The summed E-state index contributed by atoms with van der Waals surface area (Å²) in [6.07, 6.45) is -5.12. The smallest absolute Gasteiger partial charge is 0.419 e. The standard InChI is InChI=1S/C16H17F3N2O4/c1-24-12-6-3-2-5-10(12)15(20,16(17,18)19)14(23)21-9-11(22)13-7-4-8-25-13/h2-8,11,22H,9,20H2,1H3,(H,21,23). The summed E-state index contributed by atoms with van der Waals surface area (Å²) in [7, 11) is 1.17. The molecule has 0 bridgehead atoms. The Morgan fingerprint density at radius 2 is 2.00 bits per heavy atom. The zero-order valence-corrected chi connectivity index (χ0v) is 13.2. The molecular formula is C16H17F3N2O4. The van der Waals surface area contributed by atoms with Crippen molar-refractivity contribution in [2.75, 3.05) is 13.7 Å². The van der Waals surface area contributed by atoms with E-state index in [-0.39, 0.29) is 11.5 Å². The highest BCUT2D eigenvalue weighted by atomic mass is 19.4. The lowest BCUT2D eigenvalue weighted by molar-refractivity contribution is -0.195.